The summed E-state index contributed by atoms with van der Waals surface area (Å²) in [4.78, 5) is 33.5. The Labute approximate surface area is 176 Å². The molecule has 0 aliphatic carbocycles. The van der Waals surface area contributed by atoms with E-state index in [1.54, 1.807) is 6.07 Å². The third-order valence-electron chi connectivity index (χ3n) is 4.52. The molecule has 2 aromatic carbocycles. The van der Waals surface area contributed by atoms with E-state index in [1.165, 1.54) is 25.1 Å². The molecule has 1 unspecified atom stereocenters. The summed E-state index contributed by atoms with van der Waals surface area (Å²) in [6.45, 7) is 5.24. The number of ether oxygens (including phenoxy) is 1. The number of non-ortho nitro benzene ring substituents is 1. The minimum Gasteiger partial charge on any atom is -0.457 e. The predicted molar refractivity (Wildman–Crippen MR) is 111 cm³/mol. The van der Waals surface area contributed by atoms with E-state index < -0.39 is 21.8 Å². The number of benzene rings is 2. The monoisotopic (exact) mass is 425 g/mol. The largest absolute Gasteiger partial charge is 0.457 e. The molecule has 160 valence electrons. The van der Waals surface area contributed by atoms with Crippen LogP contribution in [0.1, 0.15) is 24.1 Å². The average Bonchev–Trinajstić information content (AvgIpc) is 3.20. The molecule has 0 radical (unpaired) electrons. The number of rotatable bonds is 7. The molecule has 0 bridgehead atoms. The van der Waals surface area contributed by atoms with Gasteiger partial charge in [0.05, 0.1) is 21.6 Å². The number of amides is 1. The summed E-state index contributed by atoms with van der Waals surface area (Å²) in [7, 11) is 0. The van der Waals surface area contributed by atoms with Crippen LogP contribution in [-0.2, 0) is 4.79 Å². The highest BCUT2D eigenvalue weighted by atomic mass is 16.6. The molecule has 1 atom stereocenters. The van der Waals surface area contributed by atoms with Gasteiger partial charge in [0.15, 0.2) is 0 Å². The summed E-state index contributed by atoms with van der Waals surface area (Å²) in [6.07, 6.45) is 2.17. The van der Waals surface area contributed by atoms with Crippen LogP contribution in [0, 0.1) is 34.1 Å². The zero-order chi connectivity index (χ0) is 22.7. The fraction of sp³-hybridized carbons (Fsp3) is 0.200. The lowest BCUT2D eigenvalue weighted by Crippen LogP contribution is -2.24. The van der Waals surface area contributed by atoms with Gasteiger partial charge >= 0.3 is 5.69 Å². The SMILES string of the molecule is Cc1ccc(C)c(Oc2cc(NC(=O)C(C)n3cc([N+](=O)[O-])cn3)cc([N+](=O)[O-])c2)c1. The molecule has 1 N–H and O–H groups in total. The van der Waals surface area contributed by atoms with Gasteiger partial charge in [-0.05, 0) is 38.0 Å². The van der Waals surface area contributed by atoms with Gasteiger partial charge in [-0.1, -0.05) is 12.1 Å². The molecule has 1 amide bonds. The van der Waals surface area contributed by atoms with Crippen LogP contribution >= 0.6 is 0 Å². The number of nitro benzene ring substituents is 1. The number of hydrogen-bond acceptors (Lipinski definition) is 7. The van der Waals surface area contributed by atoms with Crippen LogP contribution in [0.3, 0.4) is 0 Å². The fourth-order valence-corrected chi connectivity index (χ4v) is 2.77. The van der Waals surface area contributed by atoms with Gasteiger partial charge in [-0.15, -0.1) is 0 Å². The molecular formula is C20H19N5O6. The Bertz CT molecular complexity index is 1170. The Morgan fingerprint density at radius 1 is 1.10 bits per heavy atom. The van der Waals surface area contributed by atoms with Crippen molar-refractivity contribution in [1.29, 1.82) is 0 Å². The second-order valence-electron chi connectivity index (χ2n) is 6.94. The maximum atomic E-state index is 12.6. The van der Waals surface area contributed by atoms with Gasteiger partial charge in [-0.2, -0.15) is 5.10 Å². The number of aryl methyl sites for hydroxylation is 2. The Balaban J connectivity index is 1.86. The van der Waals surface area contributed by atoms with Gasteiger partial charge in [0, 0.05) is 12.1 Å². The van der Waals surface area contributed by atoms with Crippen molar-refractivity contribution in [3.63, 3.8) is 0 Å². The third-order valence-corrected chi connectivity index (χ3v) is 4.52. The van der Waals surface area contributed by atoms with Gasteiger partial charge in [-0.25, -0.2) is 0 Å². The summed E-state index contributed by atoms with van der Waals surface area (Å²) in [5.74, 6) is 0.159. The lowest BCUT2D eigenvalue weighted by molar-refractivity contribution is -0.385. The number of anilines is 1. The van der Waals surface area contributed by atoms with Crippen LogP contribution in [0.15, 0.2) is 48.8 Å². The number of nitro groups is 2. The topological polar surface area (TPSA) is 142 Å². The van der Waals surface area contributed by atoms with Crippen molar-refractivity contribution in [3.8, 4) is 11.5 Å². The van der Waals surface area contributed by atoms with E-state index in [1.807, 2.05) is 26.0 Å². The molecule has 1 heterocycles. The number of nitrogens with zero attached hydrogens (tertiary/aromatic N) is 4. The van der Waals surface area contributed by atoms with E-state index in [4.69, 9.17) is 4.74 Å². The van der Waals surface area contributed by atoms with Crippen molar-refractivity contribution in [2.24, 2.45) is 0 Å². The normalized spacial score (nSPS) is 11.6. The number of carbonyl (C=O) groups is 1. The van der Waals surface area contributed by atoms with Crippen LogP contribution < -0.4 is 10.1 Å². The zero-order valence-electron chi connectivity index (χ0n) is 16.9. The van der Waals surface area contributed by atoms with E-state index in [0.717, 1.165) is 28.2 Å². The highest BCUT2D eigenvalue weighted by Crippen LogP contribution is 2.32. The molecule has 11 nitrogen and oxygen atoms in total. The summed E-state index contributed by atoms with van der Waals surface area (Å²) in [5, 5.41) is 28.5. The Morgan fingerprint density at radius 3 is 2.45 bits per heavy atom. The molecule has 11 heteroatoms. The van der Waals surface area contributed by atoms with Crippen molar-refractivity contribution in [2.75, 3.05) is 5.32 Å². The second-order valence-corrected chi connectivity index (χ2v) is 6.94. The average molecular weight is 425 g/mol. The molecule has 1 aromatic heterocycles. The Kier molecular flexibility index (Phi) is 5.95. The molecule has 3 aromatic rings. The molecule has 0 saturated heterocycles. The molecular weight excluding hydrogens is 406 g/mol. The van der Waals surface area contributed by atoms with E-state index in [0.29, 0.717) is 5.75 Å². The van der Waals surface area contributed by atoms with Crippen molar-refractivity contribution >= 4 is 23.0 Å². The smallest absolute Gasteiger partial charge is 0.307 e. The second kappa shape index (κ2) is 8.61. The highest BCUT2D eigenvalue weighted by molar-refractivity contribution is 5.94. The van der Waals surface area contributed by atoms with Crippen molar-refractivity contribution in [1.82, 2.24) is 9.78 Å². The summed E-state index contributed by atoms with van der Waals surface area (Å²) >= 11 is 0. The van der Waals surface area contributed by atoms with Gasteiger partial charge < -0.3 is 10.1 Å². The lowest BCUT2D eigenvalue weighted by Gasteiger charge is -2.14. The van der Waals surface area contributed by atoms with Crippen molar-refractivity contribution in [3.05, 3.63) is 80.1 Å². The molecule has 0 aliphatic rings. The first kappa shape index (κ1) is 21.4. The van der Waals surface area contributed by atoms with Gasteiger partial charge in [0.25, 0.3) is 5.69 Å². The lowest BCUT2D eigenvalue weighted by atomic mass is 10.1. The predicted octanol–water partition coefficient (Wildman–Crippen LogP) is 4.31. The zero-order valence-corrected chi connectivity index (χ0v) is 16.9. The van der Waals surface area contributed by atoms with E-state index in [-0.39, 0.29) is 22.8 Å². The van der Waals surface area contributed by atoms with Gasteiger partial charge in [-0.3, -0.25) is 29.7 Å². The van der Waals surface area contributed by atoms with E-state index in [9.17, 15) is 25.0 Å². The molecule has 31 heavy (non-hydrogen) atoms. The van der Waals surface area contributed by atoms with Crippen LogP contribution in [-0.4, -0.2) is 25.5 Å². The first-order chi connectivity index (χ1) is 14.6. The van der Waals surface area contributed by atoms with Crippen LogP contribution in [0.4, 0.5) is 17.1 Å². The maximum Gasteiger partial charge on any atom is 0.307 e. The summed E-state index contributed by atoms with van der Waals surface area (Å²) in [6, 6.07) is 8.63. The van der Waals surface area contributed by atoms with Crippen molar-refractivity contribution < 1.29 is 19.4 Å². The quantitative estimate of drug-likeness (QED) is 0.439. The molecule has 0 fully saturated rings. The molecule has 3 rings (SSSR count). The maximum absolute atomic E-state index is 12.6. The number of hydrogen-bond donors (Lipinski definition) is 1. The number of carbonyl (C=O) groups excluding carboxylic acids is 1. The van der Waals surface area contributed by atoms with Gasteiger partial charge in [0.1, 0.15) is 29.9 Å². The van der Waals surface area contributed by atoms with E-state index in [2.05, 4.69) is 10.4 Å². The highest BCUT2D eigenvalue weighted by Gasteiger charge is 2.21. The summed E-state index contributed by atoms with van der Waals surface area (Å²) < 4.78 is 6.97. The van der Waals surface area contributed by atoms with Gasteiger partial charge in [0.2, 0.25) is 5.91 Å². The van der Waals surface area contributed by atoms with Crippen molar-refractivity contribution in [2.45, 2.75) is 26.8 Å². The van der Waals surface area contributed by atoms with E-state index >= 15 is 0 Å². The minimum atomic E-state index is -0.892. The molecule has 0 spiro atoms. The molecule has 0 aliphatic heterocycles. The first-order valence-electron chi connectivity index (χ1n) is 9.18. The fourth-order valence-electron chi connectivity index (χ4n) is 2.77. The first-order valence-corrected chi connectivity index (χ1v) is 9.18. The van der Waals surface area contributed by atoms with Crippen LogP contribution in [0.2, 0.25) is 0 Å². The Morgan fingerprint density at radius 2 is 1.81 bits per heavy atom. The number of aromatic nitrogens is 2. The van der Waals surface area contributed by atoms with Crippen LogP contribution in [0.5, 0.6) is 11.5 Å². The third kappa shape index (κ3) is 5.01. The standard InChI is InChI=1S/C20H19N5O6/c1-12-4-5-13(2)19(6-12)31-18-8-15(7-16(9-18)24(27)28)22-20(26)14(3)23-11-17(10-21-23)25(29)30/h4-11,14H,1-3H3,(H,22,26). The summed E-state index contributed by atoms with van der Waals surface area (Å²) in [5.41, 5.74) is 1.44. The van der Waals surface area contributed by atoms with Crippen LogP contribution in [0.25, 0.3) is 0 Å². The minimum absolute atomic E-state index is 0.146. The molecule has 0 saturated carbocycles. The Hall–Kier alpha value is -4.28. The number of nitrogens with one attached hydrogen (secondary N) is 1.